The van der Waals surface area contributed by atoms with Gasteiger partial charge in [-0.2, -0.15) is 0 Å². The zero-order valence-electron chi connectivity index (χ0n) is 11.3. The Bertz CT molecular complexity index is 328. The van der Waals surface area contributed by atoms with Crippen LogP contribution < -0.4 is 5.32 Å². The second kappa shape index (κ2) is 7.45. The molecule has 0 aliphatic heterocycles. The quantitative estimate of drug-likeness (QED) is 0.592. The number of hydrogen-bond acceptors (Lipinski definition) is 5. The summed E-state index contributed by atoms with van der Waals surface area (Å²) in [6.07, 6.45) is 4.30. The monoisotopic (exact) mass is 256 g/mol. The lowest BCUT2D eigenvalue weighted by Crippen LogP contribution is -2.47. The van der Waals surface area contributed by atoms with E-state index in [1.807, 2.05) is 6.20 Å². The molecule has 0 atom stereocenters. The second-order valence-electron chi connectivity index (χ2n) is 4.55. The second-order valence-corrected chi connectivity index (χ2v) is 4.55. The number of nitrogens with one attached hydrogen (secondary N) is 1. The largest absolute Gasteiger partial charge is 0.396 e. The Morgan fingerprint density at radius 2 is 2.06 bits per heavy atom. The zero-order chi connectivity index (χ0) is 13.4. The number of hydrogen-bond donors (Lipinski definition) is 3. The third kappa shape index (κ3) is 4.04. The van der Waals surface area contributed by atoms with Crippen LogP contribution in [0.3, 0.4) is 0 Å². The molecule has 0 aliphatic rings. The van der Waals surface area contributed by atoms with Crippen molar-refractivity contribution in [3.63, 3.8) is 0 Å². The topological polar surface area (TPSA) is 83.2 Å². The van der Waals surface area contributed by atoms with Gasteiger partial charge in [0, 0.05) is 31.4 Å². The molecule has 0 saturated heterocycles. The highest BCUT2D eigenvalue weighted by Gasteiger charge is 2.24. The molecule has 0 fully saturated rings. The average molecular weight is 256 g/mol. The molecule has 0 radical (unpaired) electrons. The smallest absolute Gasteiger partial charge is 0.0965 e. The summed E-state index contributed by atoms with van der Waals surface area (Å²) in [6.45, 7) is 5.68. The molecule has 18 heavy (non-hydrogen) atoms. The molecule has 104 valence electrons. The van der Waals surface area contributed by atoms with Crippen LogP contribution >= 0.6 is 0 Å². The Hall–Kier alpha value is -0.980. The van der Waals surface area contributed by atoms with E-state index in [-0.39, 0.29) is 18.8 Å². The highest BCUT2D eigenvalue weighted by Crippen LogP contribution is 2.14. The highest BCUT2D eigenvalue weighted by atomic mass is 16.3. The molecule has 3 N–H and O–H groups in total. The fraction of sp³-hybridized carbons (Fsp3) is 0.833. The molecule has 1 aromatic rings. The first kappa shape index (κ1) is 15.1. The van der Waals surface area contributed by atoms with Gasteiger partial charge in [-0.05, 0) is 19.3 Å². The lowest BCUT2D eigenvalue weighted by molar-refractivity contribution is 0.149. The van der Waals surface area contributed by atoms with E-state index in [1.54, 1.807) is 4.68 Å². The zero-order valence-corrected chi connectivity index (χ0v) is 11.3. The molecule has 0 aromatic carbocycles. The number of aryl methyl sites for hydroxylation is 1. The molecule has 0 amide bonds. The van der Waals surface area contributed by atoms with Crippen molar-refractivity contribution < 1.29 is 10.2 Å². The fourth-order valence-electron chi connectivity index (χ4n) is 1.82. The summed E-state index contributed by atoms with van der Waals surface area (Å²) in [4.78, 5) is 0. The number of aromatic nitrogens is 3. The average Bonchev–Trinajstić information content (AvgIpc) is 2.87. The minimum atomic E-state index is -0.227. The number of aliphatic hydroxyl groups is 2. The van der Waals surface area contributed by atoms with Crippen molar-refractivity contribution in [3.05, 3.63) is 11.9 Å². The maximum absolute atomic E-state index is 9.44. The third-order valence-electron chi connectivity index (χ3n) is 3.43. The summed E-state index contributed by atoms with van der Waals surface area (Å²) in [6, 6.07) is 0. The van der Waals surface area contributed by atoms with Crippen LogP contribution in [-0.2, 0) is 13.1 Å². The van der Waals surface area contributed by atoms with Crippen LogP contribution in [0.4, 0.5) is 0 Å². The Morgan fingerprint density at radius 3 is 2.61 bits per heavy atom. The lowest BCUT2D eigenvalue weighted by Gasteiger charge is -2.30. The fourth-order valence-corrected chi connectivity index (χ4v) is 1.82. The van der Waals surface area contributed by atoms with E-state index in [0.717, 1.165) is 18.5 Å². The van der Waals surface area contributed by atoms with Crippen LogP contribution in [0.1, 0.15) is 38.8 Å². The molecule has 6 nitrogen and oxygen atoms in total. The third-order valence-corrected chi connectivity index (χ3v) is 3.43. The van der Waals surface area contributed by atoms with Crippen LogP contribution in [0, 0.1) is 0 Å². The molecular weight excluding hydrogens is 232 g/mol. The number of rotatable bonds is 9. The summed E-state index contributed by atoms with van der Waals surface area (Å²) in [5, 5.41) is 29.6. The van der Waals surface area contributed by atoms with Gasteiger partial charge in [0.25, 0.3) is 0 Å². The predicted octanol–water partition coefficient (Wildman–Crippen LogP) is 0.301. The van der Waals surface area contributed by atoms with E-state index >= 15 is 0 Å². The normalized spacial score (nSPS) is 12.0. The van der Waals surface area contributed by atoms with E-state index in [0.29, 0.717) is 19.5 Å². The summed E-state index contributed by atoms with van der Waals surface area (Å²) < 4.78 is 1.73. The van der Waals surface area contributed by atoms with Gasteiger partial charge in [0.15, 0.2) is 0 Å². The van der Waals surface area contributed by atoms with Crippen molar-refractivity contribution in [3.8, 4) is 0 Å². The minimum Gasteiger partial charge on any atom is -0.396 e. The molecule has 0 spiro atoms. The molecule has 0 aliphatic carbocycles. The minimum absolute atomic E-state index is 0.124. The van der Waals surface area contributed by atoms with Gasteiger partial charge >= 0.3 is 0 Å². The molecule has 0 bridgehead atoms. The standard InChI is InChI=1S/C12H24N4O2/c1-3-12(4-2,10-18)13-8-11-9-16(15-14-11)6-5-7-17/h9,13,17-18H,3-8,10H2,1-2H3. The van der Waals surface area contributed by atoms with Gasteiger partial charge in [0.2, 0.25) is 0 Å². The summed E-state index contributed by atoms with van der Waals surface area (Å²) in [5.41, 5.74) is 0.627. The molecule has 0 unspecified atom stereocenters. The first-order chi connectivity index (χ1) is 8.69. The Balaban J connectivity index is 2.49. The van der Waals surface area contributed by atoms with E-state index in [9.17, 15) is 5.11 Å². The van der Waals surface area contributed by atoms with Crippen molar-refractivity contribution >= 4 is 0 Å². The van der Waals surface area contributed by atoms with Gasteiger partial charge in [0.1, 0.15) is 0 Å². The molecule has 6 heteroatoms. The molecule has 1 rings (SSSR count). The van der Waals surface area contributed by atoms with Crippen LogP contribution in [0.15, 0.2) is 6.20 Å². The van der Waals surface area contributed by atoms with Crippen molar-refractivity contribution in [2.24, 2.45) is 0 Å². The van der Waals surface area contributed by atoms with Crippen molar-refractivity contribution in [2.75, 3.05) is 13.2 Å². The van der Waals surface area contributed by atoms with Crippen molar-refractivity contribution in [2.45, 2.75) is 51.7 Å². The van der Waals surface area contributed by atoms with Crippen molar-refractivity contribution in [1.29, 1.82) is 0 Å². The maximum Gasteiger partial charge on any atom is 0.0965 e. The van der Waals surface area contributed by atoms with Gasteiger partial charge in [-0.1, -0.05) is 19.1 Å². The SMILES string of the molecule is CCC(CC)(CO)NCc1cn(CCCO)nn1. The highest BCUT2D eigenvalue weighted by molar-refractivity contribution is 4.95. The lowest BCUT2D eigenvalue weighted by atomic mass is 9.94. The van der Waals surface area contributed by atoms with Crippen molar-refractivity contribution in [1.82, 2.24) is 20.3 Å². The van der Waals surface area contributed by atoms with Gasteiger partial charge in [-0.25, -0.2) is 0 Å². The van der Waals surface area contributed by atoms with Crippen LogP contribution in [0.2, 0.25) is 0 Å². The first-order valence-corrected chi connectivity index (χ1v) is 6.55. The summed E-state index contributed by atoms with van der Waals surface area (Å²) in [5.74, 6) is 0. The predicted molar refractivity (Wildman–Crippen MR) is 69.0 cm³/mol. The maximum atomic E-state index is 9.44. The van der Waals surface area contributed by atoms with E-state index in [2.05, 4.69) is 29.5 Å². The molecule has 1 heterocycles. The van der Waals surface area contributed by atoms with E-state index in [4.69, 9.17) is 5.11 Å². The summed E-state index contributed by atoms with van der Waals surface area (Å²) >= 11 is 0. The van der Waals surface area contributed by atoms with Crippen LogP contribution in [0.5, 0.6) is 0 Å². The van der Waals surface area contributed by atoms with Gasteiger partial charge in [-0.15, -0.1) is 5.10 Å². The molecular formula is C12H24N4O2. The van der Waals surface area contributed by atoms with Crippen LogP contribution in [-0.4, -0.2) is 44.0 Å². The molecule has 0 saturated carbocycles. The Labute approximate surface area is 108 Å². The first-order valence-electron chi connectivity index (χ1n) is 6.55. The van der Waals surface area contributed by atoms with Gasteiger partial charge in [0.05, 0.1) is 12.3 Å². The summed E-state index contributed by atoms with van der Waals surface area (Å²) in [7, 11) is 0. The number of aliphatic hydroxyl groups excluding tert-OH is 2. The number of nitrogens with zero attached hydrogens (tertiary/aromatic N) is 3. The van der Waals surface area contributed by atoms with E-state index < -0.39 is 0 Å². The molecule has 1 aromatic heterocycles. The Kier molecular flexibility index (Phi) is 6.24. The van der Waals surface area contributed by atoms with Crippen LogP contribution in [0.25, 0.3) is 0 Å². The van der Waals surface area contributed by atoms with E-state index in [1.165, 1.54) is 0 Å². The van der Waals surface area contributed by atoms with Gasteiger partial charge in [-0.3, -0.25) is 4.68 Å². The van der Waals surface area contributed by atoms with Gasteiger partial charge < -0.3 is 15.5 Å². The Morgan fingerprint density at radius 1 is 1.33 bits per heavy atom.